The lowest BCUT2D eigenvalue weighted by atomic mass is 9.95. The molecule has 0 saturated carbocycles. The van der Waals surface area contributed by atoms with E-state index >= 15 is 0 Å². The van der Waals surface area contributed by atoms with Crippen LogP contribution in [-0.4, -0.2) is 9.97 Å². The molecule has 112 valence electrons. The first-order valence-electron chi connectivity index (χ1n) is 6.76. The zero-order valence-corrected chi connectivity index (χ0v) is 13.6. The molecule has 0 bridgehead atoms. The summed E-state index contributed by atoms with van der Waals surface area (Å²) in [4.78, 5) is 8.87. The van der Waals surface area contributed by atoms with Crippen molar-refractivity contribution < 1.29 is 4.39 Å². The van der Waals surface area contributed by atoms with E-state index in [1.807, 2.05) is 34.6 Å². The predicted octanol–water partition coefficient (Wildman–Crippen LogP) is 4.93. The van der Waals surface area contributed by atoms with Gasteiger partial charge in [0.2, 0.25) is 0 Å². The van der Waals surface area contributed by atoms with Crippen LogP contribution in [0.5, 0.6) is 0 Å². The number of aryl methyl sites for hydroxylation is 1. The summed E-state index contributed by atoms with van der Waals surface area (Å²) in [6, 6.07) is 4.60. The van der Waals surface area contributed by atoms with Crippen LogP contribution in [0.25, 0.3) is 0 Å². The van der Waals surface area contributed by atoms with Crippen molar-refractivity contribution in [1.29, 1.82) is 0 Å². The average molecular weight is 308 g/mol. The van der Waals surface area contributed by atoms with Crippen LogP contribution >= 0.6 is 11.6 Å². The zero-order chi connectivity index (χ0) is 15.8. The number of hydrogen-bond acceptors (Lipinski definition) is 3. The van der Waals surface area contributed by atoms with Gasteiger partial charge >= 0.3 is 0 Å². The molecule has 3 nitrogen and oxygen atoms in total. The minimum atomic E-state index is -0.294. The van der Waals surface area contributed by atoms with Crippen molar-refractivity contribution in [3.63, 3.8) is 0 Å². The second kappa shape index (κ2) is 5.60. The highest BCUT2D eigenvalue weighted by molar-refractivity contribution is 6.30. The van der Waals surface area contributed by atoms with Gasteiger partial charge in [-0.1, -0.05) is 38.4 Å². The molecule has 5 heteroatoms. The van der Waals surface area contributed by atoms with Gasteiger partial charge in [-0.05, 0) is 31.5 Å². The summed E-state index contributed by atoms with van der Waals surface area (Å²) in [5.74, 6) is 0.959. The number of aromatic nitrogens is 2. The standard InChI is InChI=1S/C16H19ClFN3/c1-9-6-7-11(18)8-12(9)19-14-10(2)13(17)20-15(21-14)16(3,4)5/h6-8H,1-5H3,(H,19,20,21). The van der Waals surface area contributed by atoms with Crippen molar-refractivity contribution in [2.75, 3.05) is 5.32 Å². The van der Waals surface area contributed by atoms with Crippen molar-refractivity contribution in [2.45, 2.75) is 40.0 Å². The molecule has 1 N–H and O–H groups in total. The SMILES string of the molecule is Cc1ccc(F)cc1Nc1nc(C(C)(C)C)nc(Cl)c1C. The van der Waals surface area contributed by atoms with Gasteiger partial charge in [0.25, 0.3) is 0 Å². The summed E-state index contributed by atoms with van der Waals surface area (Å²) in [7, 11) is 0. The first kappa shape index (κ1) is 15.7. The highest BCUT2D eigenvalue weighted by Gasteiger charge is 2.21. The Morgan fingerprint density at radius 3 is 2.43 bits per heavy atom. The maximum absolute atomic E-state index is 13.4. The quantitative estimate of drug-likeness (QED) is 0.800. The van der Waals surface area contributed by atoms with Gasteiger partial charge < -0.3 is 5.32 Å². The van der Waals surface area contributed by atoms with E-state index < -0.39 is 0 Å². The maximum atomic E-state index is 13.4. The molecular formula is C16H19ClFN3. The Kier molecular flexibility index (Phi) is 4.19. The average Bonchev–Trinajstić information content (AvgIpc) is 2.37. The molecule has 0 atom stereocenters. The first-order valence-corrected chi connectivity index (χ1v) is 7.14. The summed E-state index contributed by atoms with van der Waals surface area (Å²) < 4.78 is 13.4. The molecule has 21 heavy (non-hydrogen) atoms. The van der Waals surface area contributed by atoms with E-state index in [0.717, 1.165) is 11.1 Å². The molecule has 2 aromatic rings. The lowest BCUT2D eigenvalue weighted by Gasteiger charge is -2.20. The van der Waals surface area contributed by atoms with Crippen LogP contribution in [-0.2, 0) is 5.41 Å². The van der Waals surface area contributed by atoms with Crippen LogP contribution in [0.15, 0.2) is 18.2 Å². The molecule has 0 amide bonds. The number of nitrogens with one attached hydrogen (secondary N) is 1. The number of anilines is 2. The Hall–Kier alpha value is -1.68. The third kappa shape index (κ3) is 3.50. The summed E-state index contributed by atoms with van der Waals surface area (Å²) in [5, 5.41) is 3.57. The van der Waals surface area contributed by atoms with E-state index in [-0.39, 0.29) is 11.2 Å². The topological polar surface area (TPSA) is 37.8 Å². The van der Waals surface area contributed by atoms with E-state index in [2.05, 4.69) is 15.3 Å². The molecule has 0 spiro atoms. The van der Waals surface area contributed by atoms with Crippen molar-refractivity contribution in [1.82, 2.24) is 9.97 Å². The number of nitrogens with zero attached hydrogens (tertiary/aromatic N) is 2. The second-order valence-corrected chi connectivity index (χ2v) is 6.50. The van der Waals surface area contributed by atoms with Crippen molar-refractivity contribution in [3.05, 3.63) is 46.1 Å². The molecule has 1 aromatic heterocycles. The molecule has 0 aliphatic rings. The van der Waals surface area contributed by atoms with E-state index in [9.17, 15) is 4.39 Å². The minimum Gasteiger partial charge on any atom is -0.340 e. The highest BCUT2D eigenvalue weighted by atomic mass is 35.5. The van der Waals surface area contributed by atoms with E-state index in [1.54, 1.807) is 6.07 Å². The molecule has 1 aromatic carbocycles. The lowest BCUT2D eigenvalue weighted by molar-refractivity contribution is 0.545. The summed E-state index contributed by atoms with van der Waals surface area (Å²) >= 11 is 6.20. The van der Waals surface area contributed by atoms with Gasteiger partial charge in [0.05, 0.1) is 0 Å². The number of hydrogen-bond donors (Lipinski definition) is 1. The second-order valence-electron chi connectivity index (χ2n) is 6.15. The van der Waals surface area contributed by atoms with Gasteiger partial charge in [0.15, 0.2) is 0 Å². The molecule has 2 rings (SSSR count). The Labute approximate surface area is 129 Å². The largest absolute Gasteiger partial charge is 0.340 e. The third-order valence-corrected chi connectivity index (χ3v) is 3.58. The van der Waals surface area contributed by atoms with Gasteiger partial charge in [-0.3, -0.25) is 0 Å². The number of benzene rings is 1. The Balaban J connectivity index is 2.49. The summed E-state index contributed by atoms with van der Waals surface area (Å²) in [6.07, 6.45) is 0. The van der Waals surface area contributed by atoms with Crippen LogP contribution in [0.2, 0.25) is 5.15 Å². The van der Waals surface area contributed by atoms with Gasteiger partial charge in [-0.15, -0.1) is 0 Å². The highest BCUT2D eigenvalue weighted by Crippen LogP contribution is 2.29. The van der Waals surface area contributed by atoms with Gasteiger partial charge in [0, 0.05) is 16.7 Å². The molecule has 0 aliphatic heterocycles. The summed E-state index contributed by atoms with van der Waals surface area (Å²) in [5.41, 5.74) is 2.13. The van der Waals surface area contributed by atoms with Crippen LogP contribution in [0.1, 0.15) is 37.7 Å². The van der Waals surface area contributed by atoms with E-state index in [1.165, 1.54) is 12.1 Å². The number of rotatable bonds is 2. The lowest BCUT2D eigenvalue weighted by Crippen LogP contribution is -2.17. The zero-order valence-electron chi connectivity index (χ0n) is 12.9. The van der Waals surface area contributed by atoms with E-state index in [0.29, 0.717) is 22.5 Å². The summed E-state index contributed by atoms with van der Waals surface area (Å²) in [6.45, 7) is 9.80. The first-order chi connectivity index (χ1) is 9.68. The van der Waals surface area contributed by atoms with Crippen molar-refractivity contribution >= 4 is 23.1 Å². The fraction of sp³-hybridized carbons (Fsp3) is 0.375. The minimum absolute atomic E-state index is 0.218. The molecule has 0 saturated heterocycles. The molecule has 1 heterocycles. The Morgan fingerprint density at radius 2 is 1.81 bits per heavy atom. The van der Waals surface area contributed by atoms with Gasteiger partial charge in [0.1, 0.15) is 22.6 Å². The molecule has 0 unspecified atom stereocenters. The van der Waals surface area contributed by atoms with Crippen molar-refractivity contribution in [3.8, 4) is 0 Å². The van der Waals surface area contributed by atoms with Gasteiger partial charge in [-0.25, -0.2) is 14.4 Å². The van der Waals surface area contributed by atoms with Crippen LogP contribution in [0.3, 0.4) is 0 Å². The smallest absolute Gasteiger partial charge is 0.138 e. The monoisotopic (exact) mass is 307 g/mol. The van der Waals surface area contributed by atoms with Crippen LogP contribution in [0, 0.1) is 19.7 Å². The van der Waals surface area contributed by atoms with Crippen LogP contribution in [0.4, 0.5) is 15.9 Å². The molecular weight excluding hydrogens is 289 g/mol. The Bertz CT molecular complexity index is 678. The van der Waals surface area contributed by atoms with Gasteiger partial charge in [-0.2, -0.15) is 0 Å². The fourth-order valence-electron chi connectivity index (χ4n) is 1.80. The molecule has 0 fully saturated rings. The predicted molar refractivity (Wildman–Crippen MR) is 84.9 cm³/mol. The third-order valence-electron chi connectivity index (χ3n) is 3.21. The van der Waals surface area contributed by atoms with E-state index in [4.69, 9.17) is 11.6 Å². The maximum Gasteiger partial charge on any atom is 0.138 e. The normalized spacial score (nSPS) is 11.6. The van der Waals surface area contributed by atoms with Crippen LogP contribution < -0.4 is 5.32 Å². The Morgan fingerprint density at radius 1 is 1.14 bits per heavy atom. The molecule has 0 aliphatic carbocycles. The fourth-order valence-corrected chi connectivity index (χ4v) is 1.97. The number of halogens is 2. The van der Waals surface area contributed by atoms with Crippen molar-refractivity contribution in [2.24, 2.45) is 0 Å². The molecule has 0 radical (unpaired) electrons.